The smallest absolute Gasteiger partial charge is 0.116 e. The summed E-state index contributed by atoms with van der Waals surface area (Å²) in [5.41, 5.74) is 5.56. The van der Waals surface area contributed by atoms with Crippen LogP contribution in [-0.2, 0) is 6.42 Å². The molecular weight excluding hydrogens is 213 g/mol. The van der Waals surface area contributed by atoms with Gasteiger partial charge in [0.15, 0.2) is 0 Å². The molecule has 3 heteroatoms. The van der Waals surface area contributed by atoms with Crippen molar-refractivity contribution in [1.82, 2.24) is 0 Å². The van der Waals surface area contributed by atoms with Gasteiger partial charge < -0.3 is 5.73 Å². The van der Waals surface area contributed by atoms with Crippen molar-refractivity contribution in [1.29, 1.82) is 0 Å². The lowest BCUT2D eigenvalue weighted by atomic mass is 9.94. The number of rotatable bonds is 2. The van der Waals surface area contributed by atoms with Crippen LogP contribution in [0.5, 0.6) is 0 Å². The van der Waals surface area contributed by atoms with E-state index in [4.69, 9.17) is 17.3 Å². The fourth-order valence-corrected chi connectivity index (χ4v) is 2.50. The highest BCUT2D eigenvalue weighted by atomic mass is 35.5. The molecule has 2 unspecified atom stereocenters. The Labute approximate surface area is 94.4 Å². The summed E-state index contributed by atoms with van der Waals surface area (Å²) in [5.74, 6) is 0. The molecule has 1 fully saturated rings. The molecule has 1 aromatic carbocycles. The molecule has 1 aromatic rings. The highest BCUT2D eigenvalue weighted by Crippen LogP contribution is 2.36. The van der Waals surface area contributed by atoms with Gasteiger partial charge in [-0.15, -0.1) is 0 Å². The van der Waals surface area contributed by atoms with E-state index >= 15 is 0 Å². The molecule has 15 heavy (non-hydrogen) atoms. The van der Waals surface area contributed by atoms with Crippen molar-refractivity contribution in [3.05, 3.63) is 34.9 Å². The molecule has 0 bridgehead atoms. The lowest BCUT2D eigenvalue weighted by Crippen LogP contribution is -2.25. The number of alkyl halides is 1. The largest absolute Gasteiger partial charge is 0.328 e. The Morgan fingerprint density at radius 3 is 2.93 bits per heavy atom. The van der Waals surface area contributed by atoms with Gasteiger partial charge >= 0.3 is 0 Å². The molecule has 0 spiro atoms. The summed E-state index contributed by atoms with van der Waals surface area (Å²) in [6.45, 7) is 0. The highest BCUT2D eigenvalue weighted by Gasteiger charge is 2.37. The van der Waals surface area contributed by atoms with E-state index in [2.05, 4.69) is 0 Å². The molecular formula is C12H15ClFN. The first-order chi connectivity index (χ1) is 7.07. The Kier molecular flexibility index (Phi) is 2.98. The van der Waals surface area contributed by atoms with Gasteiger partial charge in [0, 0.05) is 17.5 Å². The van der Waals surface area contributed by atoms with E-state index < -0.39 is 5.67 Å². The van der Waals surface area contributed by atoms with Gasteiger partial charge in [-0.25, -0.2) is 4.39 Å². The predicted molar refractivity (Wildman–Crippen MR) is 60.8 cm³/mol. The molecule has 0 aromatic heterocycles. The van der Waals surface area contributed by atoms with Crippen molar-refractivity contribution >= 4 is 11.6 Å². The Morgan fingerprint density at radius 1 is 1.53 bits per heavy atom. The minimum atomic E-state index is -1.12. The second-order valence-corrected chi connectivity index (χ2v) is 4.90. The van der Waals surface area contributed by atoms with Crippen molar-refractivity contribution in [2.24, 2.45) is 5.73 Å². The van der Waals surface area contributed by atoms with Crippen LogP contribution in [-0.4, -0.2) is 11.7 Å². The molecule has 2 rings (SSSR count). The van der Waals surface area contributed by atoms with Crippen LogP contribution in [0.4, 0.5) is 4.39 Å². The Hall–Kier alpha value is -0.600. The lowest BCUT2D eigenvalue weighted by Gasteiger charge is -2.19. The fourth-order valence-electron chi connectivity index (χ4n) is 2.29. The molecule has 0 saturated heterocycles. The Morgan fingerprint density at radius 2 is 2.33 bits per heavy atom. The average molecular weight is 228 g/mol. The maximum atomic E-state index is 14.3. The van der Waals surface area contributed by atoms with Crippen LogP contribution < -0.4 is 5.73 Å². The SMILES string of the molecule is NC1CCC(F)(Cc2cccc(Cl)c2)C1. The summed E-state index contributed by atoms with van der Waals surface area (Å²) in [6.07, 6.45) is 2.26. The third-order valence-electron chi connectivity index (χ3n) is 3.00. The quantitative estimate of drug-likeness (QED) is 0.826. The van der Waals surface area contributed by atoms with Gasteiger partial charge in [-0.05, 0) is 37.0 Å². The van der Waals surface area contributed by atoms with Gasteiger partial charge in [0.1, 0.15) is 5.67 Å². The molecule has 1 nitrogen and oxygen atoms in total. The number of benzene rings is 1. The maximum Gasteiger partial charge on any atom is 0.116 e. The summed E-state index contributed by atoms with van der Waals surface area (Å²) >= 11 is 5.86. The van der Waals surface area contributed by atoms with Crippen molar-refractivity contribution < 1.29 is 4.39 Å². The molecule has 0 radical (unpaired) electrons. The summed E-state index contributed by atoms with van der Waals surface area (Å²) < 4.78 is 14.3. The normalized spacial score (nSPS) is 30.7. The lowest BCUT2D eigenvalue weighted by molar-refractivity contribution is 0.170. The number of halogens is 2. The second kappa shape index (κ2) is 4.11. The van der Waals surface area contributed by atoms with Crippen LogP contribution in [0.15, 0.2) is 24.3 Å². The topological polar surface area (TPSA) is 26.0 Å². The van der Waals surface area contributed by atoms with E-state index in [9.17, 15) is 4.39 Å². The van der Waals surface area contributed by atoms with Crippen molar-refractivity contribution in [3.8, 4) is 0 Å². The van der Waals surface area contributed by atoms with E-state index in [0.717, 1.165) is 12.0 Å². The molecule has 0 aliphatic heterocycles. The van der Waals surface area contributed by atoms with Gasteiger partial charge in [0.25, 0.3) is 0 Å². The minimum absolute atomic E-state index is 0.0224. The number of nitrogens with two attached hydrogens (primary N) is 1. The summed E-state index contributed by atoms with van der Waals surface area (Å²) in [4.78, 5) is 0. The highest BCUT2D eigenvalue weighted by molar-refractivity contribution is 6.30. The van der Waals surface area contributed by atoms with E-state index in [1.165, 1.54) is 0 Å². The van der Waals surface area contributed by atoms with Crippen molar-refractivity contribution in [2.75, 3.05) is 0 Å². The van der Waals surface area contributed by atoms with Gasteiger partial charge in [-0.3, -0.25) is 0 Å². The number of hydrogen-bond donors (Lipinski definition) is 1. The first-order valence-electron chi connectivity index (χ1n) is 5.26. The minimum Gasteiger partial charge on any atom is -0.328 e. The molecule has 82 valence electrons. The number of hydrogen-bond acceptors (Lipinski definition) is 1. The first kappa shape index (κ1) is 10.9. The van der Waals surface area contributed by atoms with Crippen LogP contribution in [0.3, 0.4) is 0 Å². The zero-order valence-electron chi connectivity index (χ0n) is 8.55. The maximum absolute atomic E-state index is 14.3. The molecule has 1 aliphatic rings. The third-order valence-corrected chi connectivity index (χ3v) is 3.24. The van der Waals surface area contributed by atoms with Crippen LogP contribution in [0, 0.1) is 0 Å². The van der Waals surface area contributed by atoms with Gasteiger partial charge in [0.05, 0.1) is 0 Å². The van der Waals surface area contributed by atoms with Crippen LogP contribution >= 0.6 is 11.6 Å². The molecule has 0 amide bonds. The zero-order chi connectivity index (χ0) is 10.9. The average Bonchev–Trinajstić information content (AvgIpc) is 2.45. The van der Waals surface area contributed by atoms with E-state index in [1.807, 2.05) is 18.2 Å². The molecule has 2 N–H and O–H groups in total. The van der Waals surface area contributed by atoms with Crippen LogP contribution in [0.1, 0.15) is 24.8 Å². The third kappa shape index (κ3) is 2.70. The van der Waals surface area contributed by atoms with Crippen LogP contribution in [0.2, 0.25) is 5.02 Å². The summed E-state index contributed by atoms with van der Waals surface area (Å²) in [5, 5.41) is 0.665. The van der Waals surface area contributed by atoms with E-state index in [0.29, 0.717) is 24.3 Å². The van der Waals surface area contributed by atoms with E-state index in [-0.39, 0.29) is 6.04 Å². The van der Waals surface area contributed by atoms with E-state index in [1.54, 1.807) is 6.07 Å². The Balaban J connectivity index is 2.08. The summed E-state index contributed by atoms with van der Waals surface area (Å²) in [7, 11) is 0. The standard InChI is InChI=1S/C12H15ClFN/c13-10-3-1-2-9(6-10)7-12(14)5-4-11(15)8-12/h1-3,6,11H,4-5,7-8,15H2. The molecule has 2 atom stereocenters. The monoisotopic (exact) mass is 227 g/mol. The fraction of sp³-hybridized carbons (Fsp3) is 0.500. The summed E-state index contributed by atoms with van der Waals surface area (Å²) in [6, 6.07) is 7.42. The molecule has 1 aliphatic carbocycles. The second-order valence-electron chi connectivity index (χ2n) is 4.46. The predicted octanol–water partition coefficient (Wildman–Crippen LogP) is 3.10. The van der Waals surface area contributed by atoms with Crippen molar-refractivity contribution in [3.63, 3.8) is 0 Å². The molecule has 0 heterocycles. The van der Waals surface area contributed by atoms with Gasteiger partial charge in [0.2, 0.25) is 0 Å². The first-order valence-corrected chi connectivity index (χ1v) is 5.64. The van der Waals surface area contributed by atoms with Crippen LogP contribution in [0.25, 0.3) is 0 Å². The van der Waals surface area contributed by atoms with Crippen molar-refractivity contribution in [2.45, 2.75) is 37.4 Å². The zero-order valence-corrected chi connectivity index (χ0v) is 9.30. The molecule has 1 saturated carbocycles. The Bertz CT molecular complexity index is 355. The van der Waals surface area contributed by atoms with Gasteiger partial charge in [-0.2, -0.15) is 0 Å². The van der Waals surface area contributed by atoms with Gasteiger partial charge in [-0.1, -0.05) is 23.7 Å².